The smallest absolute Gasteiger partial charge is 0.282 e. The topological polar surface area (TPSA) is 72.2 Å². The second-order valence-electron chi connectivity index (χ2n) is 4.56. The van der Waals surface area contributed by atoms with Crippen molar-refractivity contribution in [2.45, 2.75) is 19.9 Å². The molecule has 7 heteroatoms. The van der Waals surface area contributed by atoms with Crippen LogP contribution >= 0.6 is 22.9 Å². The fourth-order valence-electron chi connectivity index (χ4n) is 1.88. The van der Waals surface area contributed by atoms with Gasteiger partial charge in [0, 0.05) is 20.8 Å². The molecule has 1 amide bonds. The molecule has 1 aromatic carbocycles. The number of nitro benzene ring substituents is 1. The van der Waals surface area contributed by atoms with Gasteiger partial charge in [0.2, 0.25) is 0 Å². The molecule has 1 heterocycles. The van der Waals surface area contributed by atoms with Crippen molar-refractivity contribution in [3.63, 3.8) is 0 Å². The van der Waals surface area contributed by atoms with E-state index in [1.165, 1.54) is 18.2 Å². The standard InChI is InChI=1S/C14H13ClN2O3S/c1-8-3-6-13(21-8)9(2)16-14(18)11-7-10(15)4-5-12(11)17(19)20/h3-7,9H,1-2H3,(H,16,18). The van der Waals surface area contributed by atoms with Crippen LogP contribution in [0.3, 0.4) is 0 Å². The molecular formula is C14H13ClN2O3S. The van der Waals surface area contributed by atoms with Crippen molar-refractivity contribution in [3.8, 4) is 0 Å². The number of hydrogen-bond acceptors (Lipinski definition) is 4. The van der Waals surface area contributed by atoms with E-state index in [0.717, 1.165) is 9.75 Å². The number of nitro groups is 1. The number of halogens is 1. The molecule has 1 unspecified atom stereocenters. The maximum atomic E-state index is 12.2. The average Bonchev–Trinajstić information content (AvgIpc) is 2.85. The van der Waals surface area contributed by atoms with Crippen LogP contribution in [0.15, 0.2) is 30.3 Å². The number of rotatable bonds is 4. The van der Waals surface area contributed by atoms with Gasteiger partial charge in [0.1, 0.15) is 5.56 Å². The van der Waals surface area contributed by atoms with Crippen LogP contribution < -0.4 is 5.32 Å². The minimum atomic E-state index is -0.592. The van der Waals surface area contributed by atoms with Gasteiger partial charge in [-0.3, -0.25) is 14.9 Å². The molecule has 0 bridgehead atoms. The summed E-state index contributed by atoms with van der Waals surface area (Å²) in [6.45, 7) is 3.81. The van der Waals surface area contributed by atoms with Crippen molar-refractivity contribution in [3.05, 3.63) is 60.8 Å². The molecule has 0 aliphatic carbocycles. The fourth-order valence-corrected chi connectivity index (χ4v) is 2.93. The molecule has 2 rings (SSSR count). The summed E-state index contributed by atoms with van der Waals surface area (Å²) in [5.41, 5.74) is -0.293. The highest BCUT2D eigenvalue weighted by molar-refractivity contribution is 7.12. The normalized spacial score (nSPS) is 12.0. The maximum Gasteiger partial charge on any atom is 0.282 e. The fraction of sp³-hybridized carbons (Fsp3) is 0.214. The van der Waals surface area contributed by atoms with Crippen LogP contribution in [-0.2, 0) is 0 Å². The summed E-state index contributed by atoms with van der Waals surface area (Å²) in [5.74, 6) is -0.511. The second-order valence-corrected chi connectivity index (χ2v) is 6.32. The number of aryl methyl sites for hydroxylation is 1. The quantitative estimate of drug-likeness (QED) is 0.679. The van der Waals surface area contributed by atoms with E-state index in [4.69, 9.17) is 11.6 Å². The molecule has 0 saturated carbocycles. The lowest BCUT2D eigenvalue weighted by Crippen LogP contribution is -2.26. The van der Waals surface area contributed by atoms with Crippen LogP contribution in [0.4, 0.5) is 5.69 Å². The first-order chi connectivity index (χ1) is 9.88. The molecule has 110 valence electrons. The Kier molecular flexibility index (Phi) is 4.59. The first-order valence-electron chi connectivity index (χ1n) is 6.19. The van der Waals surface area contributed by atoms with E-state index in [1.807, 2.05) is 26.0 Å². The zero-order valence-electron chi connectivity index (χ0n) is 11.4. The molecule has 0 radical (unpaired) electrons. The van der Waals surface area contributed by atoms with Crippen molar-refractivity contribution in [2.75, 3.05) is 0 Å². The largest absolute Gasteiger partial charge is 0.344 e. The van der Waals surface area contributed by atoms with E-state index < -0.39 is 10.8 Å². The number of hydrogen-bond donors (Lipinski definition) is 1. The molecule has 1 N–H and O–H groups in total. The minimum Gasteiger partial charge on any atom is -0.344 e. The third kappa shape index (κ3) is 3.59. The maximum absolute atomic E-state index is 12.2. The highest BCUT2D eigenvalue weighted by Crippen LogP contribution is 2.25. The monoisotopic (exact) mass is 324 g/mol. The summed E-state index contributed by atoms with van der Waals surface area (Å²) in [7, 11) is 0. The number of amides is 1. The van der Waals surface area contributed by atoms with E-state index in [1.54, 1.807) is 11.3 Å². The first-order valence-corrected chi connectivity index (χ1v) is 7.39. The Balaban J connectivity index is 2.24. The van der Waals surface area contributed by atoms with Gasteiger partial charge >= 0.3 is 0 Å². The Morgan fingerprint density at radius 2 is 2.10 bits per heavy atom. The summed E-state index contributed by atoms with van der Waals surface area (Å²) in [4.78, 5) is 24.8. The average molecular weight is 325 g/mol. The number of carbonyl (C=O) groups is 1. The van der Waals surface area contributed by atoms with Crippen LogP contribution in [0.25, 0.3) is 0 Å². The Morgan fingerprint density at radius 1 is 1.38 bits per heavy atom. The number of nitrogens with zero attached hydrogens (tertiary/aromatic N) is 1. The van der Waals surface area contributed by atoms with Crippen molar-refractivity contribution < 1.29 is 9.72 Å². The summed E-state index contributed by atoms with van der Waals surface area (Å²) < 4.78 is 0. The van der Waals surface area contributed by atoms with E-state index in [0.29, 0.717) is 0 Å². The van der Waals surface area contributed by atoms with Crippen LogP contribution in [-0.4, -0.2) is 10.8 Å². The van der Waals surface area contributed by atoms with Crippen molar-refractivity contribution in [1.29, 1.82) is 0 Å². The minimum absolute atomic E-state index is 0.0346. The molecule has 0 aliphatic heterocycles. The molecule has 0 aliphatic rings. The van der Waals surface area contributed by atoms with Gasteiger partial charge in [-0.25, -0.2) is 0 Å². The highest BCUT2D eigenvalue weighted by Gasteiger charge is 2.22. The summed E-state index contributed by atoms with van der Waals surface area (Å²) >= 11 is 7.39. The highest BCUT2D eigenvalue weighted by atomic mass is 35.5. The van der Waals surface area contributed by atoms with Gasteiger partial charge in [-0.2, -0.15) is 0 Å². The third-order valence-electron chi connectivity index (χ3n) is 2.94. The van der Waals surface area contributed by atoms with Gasteiger partial charge in [0.15, 0.2) is 0 Å². The van der Waals surface area contributed by atoms with Crippen molar-refractivity contribution in [1.82, 2.24) is 5.32 Å². The first kappa shape index (κ1) is 15.5. The van der Waals surface area contributed by atoms with Gasteiger partial charge in [0.25, 0.3) is 11.6 Å². The van der Waals surface area contributed by atoms with Gasteiger partial charge in [-0.15, -0.1) is 11.3 Å². The second kappa shape index (κ2) is 6.24. The molecule has 0 fully saturated rings. The number of thiophene rings is 1. The predicted octanol–water partition coefficient (Wildman–Crippen LogP) is 4.11. The lowest BCUT2D eigenvalue weighted by atomic mass is 10.1. The lowest BCUT2D eigenvalue weighted by Gasteiger charge is -2.12. The molecular weight excluding hydrogens is 312 g/mol. The van der Waals surface area contributed by atoms with Crippen molar-refractivity contribution in [2.24, 2.45) is 0 Å². The van der Waals surface area contributed by atoms with Crippen LogP contribution in [0, 0.1) is 17.0 Å². The molecule has 0 spiro atoms. The Bertz CT molecular complexity index is 699. The zero-order valence-corrected chi connectivity index (χ0v) is 13.0. The zero-order chi connectivity index (χ0) is 15.6. The molecule has 21 heavy (non-hydrogen) atoms. The van der Waals surface area contributed by atoms with Gasteiger partial charge in [-0.1, -0.05) is 11.6 Å². The third-order valence-corrected chi connectivity index (χ3v) is 4.35. The number of carbonyl (C=O) groups excluding carboxylic acids is 1. The molecule has 1 aromatic heterocycles. The van der Waals surface area contributed by atoms with Crippen LogP contribution in [0.1, 0.15) is 33.1 Å². The van der Waals surface area contributed by atoms with Crippen LogP contribution in [0.2, 0.25) is 5.02 Å². The molecule has 5 nitrogen and oxygen atoms in total. The van der Waals surface area contributed by atoms with E-state index in [9.17, 15) is 14.9 Å². The van der Waals surface area contributed by atoms with Gasteiger partial charge in [-0.05, 0) is 38.1 Å². The Morgan fingerprint density at radius 3 is 2.67 bits per heavy atom. The van der Waals surface area contributed by atoms with Gasteiger partial charge < -0.3 is 5.32 Å². The van der Waals surface area contributed by atoms with Crippen LogP contribution in [0.5, 0.6) is 0 Å². The summed E-state index contributed by atoms with van der Waals surface area (Å²) in [5, 5.41) is 14.0. The lowest BCUT2D eigenvalue weighted by molar-refractivity contribution is -0.385. The molecule has 0 saturated heterocycles. The number of benzene rings is 1. The SMILES string of the molecule is Cc1ccc(C(C)NC(=O)c2cc(Cl)ccc2[N+](=O)[O-])s1. The molecule has 2 aromatic rings. The summed E-state index contributed by atoms with van der Waals surface area (Å²) in [6, 6.07) is 7.60. The Hall–Kier alpha value is -1.92. The summed E-state index contributed by atoms with van der Waals surface area (Å²) in [6.07, 6.45) is 0. The van der Waals surface area contributed by atoms with E-state index in [2.05, 4.69) is 5.32 Å². The van der Waals surface area contributed by atoms with Gasteiger partial charge in [0.05, 0.1) is 11.0 Å². The van der Waals surface area contributed by atoms with Crippen molar-refractivity contribution >= 4 is 34.5 Å². The molecule has 1 atom stereocenters. The van der Waals surface area contributed by atoms with E-state index in [-0.39, 0.29) is 22.3 Å². The Labute approximate surface area is 130 Å². The van der Waals surface area contributed by atoms with E-state index >= 15 is 0 Å². The number of nitrogens with one attached hydrogen (secondary N) is 1. The predicted molar refractivity (Wildman–Crippen MR) is 83.0 cm³/mol.